The quantitative estimate of drug-likeness (QED) is 0.644. The van der Waals surface area contributed by atoms with Crippen molar-refractivity contribution in [2.24, 2.45) is 0 Å². The number of carbonyl (C=O) groups excluding carboxylic acids is 1. The number of ketones is 1. The molecule has 0 aliphatic rings. The SMILES string of the molecule is CC(=O)C[C@H](O)C(F)(F)F. The van der Waals surface area contributed by atoms with Gasteiger partial charge < -0.3 is 5.11 Å². The lowest BCUT2D eigenvalue weighted by molar-refractivity contribution is -0.205. The maximum Gasteiger partial charge on any atom is 0.414 e. The molecule has 0 rings (SSSR count). The predicted molar refractivity (Wildman–Crippen MR) is 27.4 cm³/mol. The van der Waals surface area contributed by atoms with Gasteiger partial charge in [-0.3, -0.25) is 4.79 Å². The largest absolute Gasteiger partial charge is 0.414 e. The van der Waals surface area contributed by atoms with Gasteiger partial charge in [0.15, 0.2) is 6.10 Å². The summed E-state index contributed by atoms with van der Waals surface area (Å²) in [5, 5.41) is 8.21. The highest BCUT2D eigenvalue weighted by Gasteiger charge is 2.38. The number of Topliss-reactive ketones (excluding diaryl/α,β-unsaturated/α-hetero) is 1. The van der Waals surface area contributed by atoms with E-state index >= 15 is 0 Å². The molecule has 10 heavy (non-hydrogen) atoms. The molecule has 0 radical (unpaired) electrons. The fourth-order valence-electron chi connectivity index (χ4n) is 0.388. The van der Waals surface area contributed by atoms with Crippen molar-refractivity contribution in [3.05, 3.63) is 0 Å². The smallest absolute Gasteiger partial charge is 0.383 e. The van der Waals surface area contributed by atoms with E-state index in [1.165, 1.54) is 0 Å². The van der Waals surface area contributed by atoms with E-state index in [0.717, 1.165) is 6.92 Å². The lowest BCUT2D eigenvalue weighted by Crippen LogP contribution is -2.30. The van der Waals surface area contributed by atoms with Crippen LogP contribution in [0.5, 0.6) is 0 Å². The maximum atomic E-state index is 11.4. The van der Waals surface area contributed by atoms with Crippen LogP contribution in [-0.4, -0.2) is 23.2 Å². The molecule has 0 unspecified atom stereocenters. The predicted octanol–water partition coefficient (Wildman–Crippen LogP) is 0.889. The number of halogens is 3. The van der Waals surface area contributed by atoms with Crippen molar-refractivity contribution in [3.8, 4) is 0 Å². The number of carbonyl (C=O) groups is 1. The molecule has 0 heterocycles. The normalized spacial score (nSPS) is 14.9. The second-order valence-electron chi connectivity index (χ2n) is 1.96. The van der Waals surface area contributed by atoms with Crippen molar-refractivity contribution in [3.63, 3.8) is 0 Å². The minimum atomic E-state index is -4.67. The first-order chi connectivity index (χ1) is 4.34. The van der Waals surface area contributed by atoms with E-state index in [1.54, 1.807) is 0 Å². The Labute approximate surface area is 55.7 Å². The summed E-state index contributed by atoms with van der Waals surface area (Å²) in [7, 11) is 0. The van der Waals surface area contributed by atoms with Gasteiger partial charge in [0.2, 0.25) is 0 Å². The molecule has 60 valence electrons. The lowest BCUT2D eigenvalue weighted by atomic mass is 10.2. The first kappa shape index (κ1) is 9.42. The fourth-order valence-corrected chi connectivity index (χ4v) is 0.388. The Hall–Kier alpha value is -0.580. The van der Waals surface area contributed by atoms with Crippen LogP contribution < -0.4 is 0 Å². The van der Waals surface area contributed by atoms with Gasteiger partial charge in [-0.1, -0.05) is 0 Å². The molecular formula is C5H7F3O2. The van der Waals surface area contributed by atoms with Gasteiger partial charge in [-0.25, -0.2) is 0 Å². The molecule has 0 saturated carbocycles. The van der Waals surface area contributed by atoms with Gasteiger partial charge >= 0.3 is 6.18 Å². The third-order valence-electron chi connectivity index (χ3n) is 0.859. The molecule has 0 aromatic heterocycles. The van der Waals surface area contributed by atoms with Crippen molar-refractivity contribution in [1.82, 2.24) is 0 Å². The zero-order valence-corrected chi connectivity index (χ0v) is 5.27. The van der Waals surface area contributed by atoms with Crippen molar-refractivity contribution in [1.29, 1.82) is 0 Å². The van der Waals surface area contributed by atoms with Gasteiger partial charge in [0, 0.05) is 6.42 Å². The summed E-state index contributed by atoms with van der Waals surface area (Å²) in [6.45, 7) is 0.995. The number of alkyl halides is 3. The van der Waals surface area contributed by atoms with Gasteiger partial charge in [0.05, 0.1) is 0 Å². The monoisotopic (exact) mass is 156 g/mol. The minimum Gasteiger partial charge on any atom is -0.383 e. The molecule has 0 bridgehead atoms. The summed E-state index contributed by atoms with van der Waals surface area (Å²) < 4.78 is 34.2. The topological polar surface area (TPSA) is 37.3 Å². The number of hydrogen-bond donors (Lipinski definition) is 1. The highest BCUT2D eigenvalue weighted by Crippen LogP contribution is 2.21. The van der Waals surface area contributed by atoms with Crippen LogP contribution >= 0.6 is 0 Å². The van der Waals surface area contributed by atoms with E-state index < -0.39 is 24.5 Å². The summed E-state index contributed by atoms with van der Waals surface area (Å²) >= 11 is 0. The van der Waals surface area contributed by atoms with Crippen LogP contribution in [0.15, 0.2) is 0 Å². The molecule has 0 fully saturated rings. The van der Waals surface area contributed by atoms with Crippen LogP contribution in [0.4, 0.5) is 13.2 Å². The lowest BCUT2D eigenvalue weighted by Gasteiger charge is -2.11. The standard InChI is InChI=1S/C5H7F3O2/c1-3(9)2-4(10)5(6,7)8/h4,10H,2H2,1H3/t4-/m0/s1. The van der Waals surface area contributed by atoms with Gasteiger partial charge in [-0.15, -0.1) is 0 Å². The van der Waals surface area contributed by atoms with Crippen LogP contribution in [0.1, 0.15) is 13.3 Å². The summed E-state index contributed by atoms with van der Waals surface area (Å²) in [5.41, 5.74) is 0. The average Bonchev–Trinajstić information content (AvgIpc) is 1.60. The molecule has 0 amide bonds. The van der Waals surface area contributed by atoms with Crippen LogP contribution in [0.3, 0.4) is 0 Å². The Morgan fingerprint density at radius 1 is 1.60 bits per heavy atom. The average molecular weight is 156 g/mol. The van der Waals surface area contributed by atoms with E-state index in [1.807, 2.05) is 0 Å². The molecule has 1 N–H and O–H groups in total. The first-order valence-corrected chi connectivity index (χ1v) is 2.58. The van der Waals surface area contributed by atoms with Crippen molar-refractivity contribution >= 4 is 5.78 Å². The Morgan fingerprint density at radius 3 is 2.10 bits per heavy atom. The Balaban J connectivity index is 3.85. The van der Waals surface area contributed by atoms with E-state index in [0.29, 0.717) is 0 Å². The molecular weight excluding hydrogens is 149 g/mol. The summed E-state index contributed by atoms with van der Waals surface area (Å²) in [6.07, 6.45) is -8.04. The molecule has 0 aliphatic carbocycles. The molecule has 0 aromatic rings. The Morgan fingerprint density at radius 2 is 2.00 bits per heavy atom. The second-order valence-corrected chi connectivity index (χ2v) is 1.96. The van der Waals surface area contributed by atoms with Crippen molar-refractivity contribution in [2.75, 3.05) is 0 Å². The van der Waals surface area contributed by atoms with Gasteiger partial charge in [-0.2, -0.15) is 13.2 Å². The molecule has 5 heteroatoms. The number of rotatable bonds is 2. The van der Waals surface area contributed by atoms with Crippen molar-refractivity contribution < 1.29 is 23.1 Å². The fraction of sp³-hybridized carbons (Fsp3) is 0.800. The first-order valence-electron chi connectivity index (χ1n) is 2.58. The van der Waals surface area contributed by atoms with Crippen LogP contribution in [-0.2, 0) is 4.79 Å². The van der Waals surface area contributed by atoms with E-state index in [4.69, 9.17) is 5.11 Å². The molecule has 1 atom stereocenters. The van der Waals surface area contributed by atoms with Crippen LogP contribution in [0.25, 0.3) is 0 Å². The van der Waals surface area contributed by atoms with Gasteiger partial charge in [-0.05, 0) is 6.92 Å². The summed E-state index contributed by atoms with van der Waals surface area (Å²) in [6, 6.07) is 0. The number of hydrogen-bond acceptors (Lipinski definition) is 2. The van der Waals surface area contributed by atoms with E-state index in [2.05, 4.69) is 0 Å². The highest BCUT2D eigenvalue weighted by molar-refractivity contribution is 5.76. The summed E-state index contributed by atoms with van der Waals surface area (Å²) in [4.78, 5) is 10.0. The van der Waals surface area contributed by atoms with Crippen LogP contribution in [0.2, 0.25) is 0 Å². The maximum absolute atomic E-state index is 11.4. The van der Waals surface area contributed by atoms with Gasteiger partial charge in [0.1, 0.15) is 5.78 Å². The summed E-state index contributed by atoms with van der Waals surface area (Å²) in [5.74, 6) is -0.676. The molecule has 2 nitrogen and oxygen atoms in total. The number of aliphatic hydroxyl groups is 1. The van der Waals surface area contributed by atoms with E-state index in [-0.39, 0.29) is 0 Å². The zero-order chi connectivity index (χ0) is 8.36. The molecule has 0 aromatic carbocycles. The minimum absolute atomic E-state index is 0.676. The van der Waals surface area contributed by atoms with Crippen molar-refractivity contribution in [2.45, 2.75) is 25.6 Å². The molecule has 0 spiro atoms. The second kappa shape index (κ2) is 3.01. The molecule has 0 aliphatic heterocycles. The Bertz CT molecular complexity index is 129. The molecule has 0 saturated heterocycles. The highest BCUT2D eigenvalue weighted by atomic mass is 19.4. The van der Waals surface area contributed by atoms with Crippen LogP contribution in [0, 0.1) is 0 Å². The third kappa shape index (κ3) is 3.45. The van der Waals surface area contributed by atoms with E-state index in [9.17, 15) is 18.0 Å². The zero-order valence-electron chi connectivity index (χ0n) is 5.27. The Kier molecular flexibility index (Phi) is 2.83. The number of aliphatic hydroxyl groups excluding tert-OH is 1. The van der Waals surface area contributed by atoms with Gasteiger partial charge in [0.25, 0.3) is 0 Å². The third-order valence-corrected chi connectivity index (χ3v) is 0.859.